The van der Waals surface area contributed by atoms with Gasteiger partial charge in [0.25, 0.3) is 0 Å². The number of aromatic nitrogens is 5. The zero-order valence-electron chi connectivity index (χ0n) is 16.3. The summed E-state index contributed by atoms with van der Waals surface area (Å²) in [5, 5.41) is 13.5. The van der Waals surface area contributed by atoms with Crippen LogP contribution < -0.4 is 10.5 Å². The highest BCUT2D eigenvalue weighted by Gasteiger charge is 2.32. The van der Waals surface area contributed by atoms with Crippen LogP contribution in [0, 0.1) is 0 Å². The Balaban J connectivity index is 1.25. The first-order chi connectivity index (χ1) is 13.6. The Morgan fingerprint density at radius 2 is 1.96 bits per heavy atom. The molecule has 0 radical (unpaired) electrons. The van der Waals surface area contributed by atoms with Crippen molar-refractivity contribution in [2.45, 2.75) is 37.8 Å². The lowest BCUT2D eigenvalue weighted by molar-refractivity contribution is 0.196. The smallest absolute Gasteiger partial charge is 0.250 e. The lowest BCUT2D eigenvalue weighted by Crippen LogP contribution is -2.58. The first-order valence-electron chi connectivity index (χ1n) is 9.91. The van der Waals surface area contributed by atoms with Gasteiger partial charge in [-0.15, -0.1) is 15.3 Å². The highest BCUT2D eigenvalue weighted by Crippen LogP contribution is 2.35. The van der Waals surface area contributed by atoms with Gasteiger partial charge in [-0.3, -0.25) is 9.69 Å². The molecular formula is C20H25N7O. The summed E-state index contributed by atoms with van der Waals surface area (Å²) in [5.41, 5.74) is 2.00. The average molecular weight is 379 g/mol. The first kappa shape index (κ1) is 17.4. The van der Waals surface area contributed by atoms with E-state index in [-0.39, 0.29) is 5.56 Å². The van der Waals surface area contributed by atoms with Gasteiger partial charge in [-0.25, -0.2) is 0 Å². The average Bonchev–Trinajstić information content (AvgIpc) is 2.99. The Morgan fingerprint density at radius 3 is 2.68 bits per heavy atom. The molecule has 0 amide bonds. The number of likely N-dealkylation sites (N-methyl/N-ethyl adjacent to an activating group) is 1. The fraction of sp³-hybridized carbons (Fsp3) is 0.500. The van der Waals surface area contributed by atoms with Crippen LogP contribution in [0.2, 0.25) is 0 Å². The van der Waals surface area contributed by atoms with Gasteiger partial charge in [-0.1, -0.05) is 12.5 Å². The third-order valence-corrected chi connectivity index (χ3v) is 6.13. The highest BCUT2D eigenvalue weighted by atomic mass is 16.1. The predicted octanol–water partition coefficient (Wildman–Crippen LogP) is 1.41. The SMILES string of the molecule is CN(Cc1ccc(=O)n(C)c1)C1CN(c2ccc3nnc(C4CCC4)n3n2)C1. The van der Waals surface area contributed by atoms with Crippen LogP contribution in [0.25, 0.3) is 5.65 Å². The number of hydrogen-bond acceptors (Lipinski definition) is 6. The molecule has 0 unspecified atom stereocenters. The van der Waals surface area contributed by atoms with Crippen molar-refractivity contribution in [1.29, 1.82) is 0 Å². The molecule has 2 aliphatic rings. The molecule has 28 heavy (non-hydrogen) atoms. The van der Waals surface area contributed by atoms with Crippen LogP contribution in [-0.2, 0) is 13.6 Å². The molecule has 0 N–H and O–H groups in total. The molecule has 0 atom stereocenters. The number of aryl methyl sites for hydroxylation is 1. The molecule has 3 aromatic rings. The van der Waals surface area contributed by atoms with Crippen LogP contribution in [0.15, 0.2) is 35.3 Å². The fourth-order valence-electron chi connectivity index (χ4n) is 3.97. The zero-order valence-corrected chi connectivity index (χ0v) is 16.3. The van der Waals surface area contributed by atoms with E-state index in [1.54, 1.807) is 17.7 Å². The summed E-state index contributed by atoms with van der Waals surface area (Å²) < 4.78 is 3.56. The maximum atomic E-state index is 11.5. The lowest BCUT2D eigenvalue weighted by atomic mass is 9.85. The maximum absolute atomic E-state index is 11.5. The monoisotopic (exact) mass is 379 g/mol. The molecule has 3 aromatic heterocycles. The Labute approximate surface area is 163 Å². The zero-order chi connectivity index (χ0) is 19.3. The van der Waals surface area contributed by atoms with E-state index < -0.39 is 0 Å². The Bertz CT molecular complexity index is 1060. The van der Waals surface area contributed by atoms with E-state index in [0.29, 0.717) is 12.0 Å². The predicted molar refractivity (Wildman–Crippen MR) is 107 cm³/mol. The standard InChI is InChI=1S/C20H25N7O/c1-24(10-14-6-9-19(28)25(2)11-14)16-12-26(13-16)18-8-7-17-21-22-20(27(17)23-18)15-4-3-5-15/h6-9,11,15-16H,3-5,10,12-13H2,1-2H3. The second-order valence-corrected chi connectivity index (χ2v) is 8.11. The van der Waals surface area contributed by atoms with E-state index in [9.17, 15) is 4.79 Å². The molecule has 4 heterocycles. The highest BCUT2D eigenvalue weighted by molar-refractivity contribution is 5.48. The van der Waals surface area contributed by atoms with Crippen LogP contribution in [0.1, 0.15) is 36.6 Å². The van der Waals surface area contributed by atoms with Gasteiger partial charge >= 0.3 is 0 Å². The number of fused-ring (bicyclic) bond motifs is 1. The van der Waals surface area contributed by atoms with Gasteiger partial charge in [0.2, 0.25) is 5.56 Å². The molecular weight excluding hydrogens is 354 g/mol. The topological polar surface area (TPSA) is 71.6 Å². The van der Waals surface area contributed by atoms with Crippen LogP contribution in [-0.4, -0.2) is 55.5 Å². The number of rotatable bonds is 5. The molecule has 0 aromatic carbocycles. The van der Waals surface area contributed by atoms with Crippen molar-refractivity contribution in [2.24, 2.45) is 7.05 Å². The van der Waals surface area contributed by atoms with E-state index in [4.69, 9.17) is 5.10 Å². The minimum absolute atomic E-state index is 0.0259. The van der Waals surface area contributed by atoms with Crippen molar-refractivity contribution >= 4 is 11.5 Å². The summed E-state index contributed by atoms with van der Waals surface area (Å²) in [7, 11) is 3.93. The Hall–Kier alpha value is -2.74. The van der Waals surface area contributed by atoms with Gasteiger partial charge in [0.15, 0.2) is 11.5 Å². The third kappa shape index (κ3) is 2.97. The molecule has 146 valence electrons. The maximum Gasteiger partial charge on any atom is 0.250 e. The van der Waals surface area contributed by atoms with Crippen molar-refractivity contribution < 1.29 is 0 Å². The molecule has 1 saturated heterocycles. The summed E-state index contributed by atoms with van der Waals surface area (Å²) >= 11 is 0. The fourth-order valence-corrected chi connectivity index (χ4v) is 3.97. The number of anilines is 1. The van der Waals surface area contributed by atoms with Crippen molar-refractivity contribution in [1.82, 2.24) is 29.3 Å². The largest absolute Gasteiger partial charge is 0.352 e. The van der Waals surface area contributed by atoms with Crippen LogP contribution >= 0.6 is 0 Å². The van der Waals surface area contributed by atoms with E-state index in [0.717, 1.165) is 42.5 Å². The number of hydrogen-bond donors (Lipinski definition) is 0. The minimum Gasteiger partial charge on any atom is -0.352 e. The van der Waals surface area contributed by atoms with E-state index in [1.165, 1.54) is 19.3 Å². The van der Waals surface area contributed by atoms with Crippen LogP contribution in [0.4, 0.5) is 5.82 Å². The quantitative estimate of drug-likeness (QED) is 0.668. The molecule has 0 bridgehead atoms. The van der Waals surface area contributed by atoms with Crippen LogP contribution in [0.5, 0.6) is 0 Å². The van der Waals surface area contributed by atoms with E-state index >= 15 is 0 Å². The molecule has 0 spiro atoms. The second kappa shape index (κ2) is 6.70. The summed E-state index contributed by atoms with van der Waals surface area (Å²) in [6.45, 7) is 2.72. The molecule has 5 rings (SSSR count). The molecule has 2 fully saturated rings. The lowest BCUT2D eigenvalue weighted by Gasteiger charge is -2.44. The number of nitrogens with zero attached hydrogens (tertiary/aromatic N) is 7. The van der Waals surface area contributed by atoms with Gasteiger partial charge < -0.3 is 9.47 Å². The summed E-state index contributed by atoms with van der Waals surface area (Å²) in [4.78, 5) is 16.2. The van der Waals surface area contributed by atoms with Gasteiger partial charge in [0, 0.05) is 50.9 Å². The van der Waals surface area contributed by atoms with E-state index in [1.807, 2.05) is 28.9 Å². The Kier molecular flexibility index (Phi) is 4.16. The molecule has 1 aliphatic carbocycles. The Morgan fingerprint density at radius 1 is 1.14 bits per heavy atom. The van der Waals surface area contributed by atoms with Gasteiger partial charge in [0.05, 0.1) is 0 Å². The first-order valence-corrected chi connectivity index (χ1v) is 9.91. The van der Waals surface area contributed by atoms with Crippen molar-refractivity contribution in [3.63, 3.8) is 0 Å². The molecule has 1 aliphatic heterocycles. The van der Waals surface area contributed by atoms with Gasteiger partial charge in [-0.05, 0) is 37.6 Å². The number of pyridine rings is 1. The third-order valence-electron chi connectivity index (χ3n) is 6.13. The second-order valence-electron chi connectivity index (χ2n) is 8.11. The summed E-state index contributed by atoms with van der Waals surface area (Å²) in [6.07, 6.45) is 5.57. The summed E-state index contributed by atoms with van der Waals surface area (Å²) in [5.74, 6) is 2.50. The molecule has 1 saturated carbocycles. The minimum atomic E-state index is 0.0259. The van der Waals surface area contributed by atoms with E-state index in [2.05, 4.69) is 27.0 Å². The van der Waals surface area contributed by atoms with Gasteiger partial charge in [-0.2, -0.15) is 4.52 Å². The van der Waals surface area contributed by atoms with Crippen molar-refractivity contribution in [3.05, 3.63) is 52.2 Å². The van der Waals surface area contributed by atoms with Crippen LogP contribution in [0.3, 0.4) is 0 Å². The summed E-state index contributed by atoms with van der Waals surface area (Å²) in [6, 6.07) is 8.07. The van der Waals surface area contributed by atoms with Gasteiger partial charge in [0.1, 0.15) is 5.82 Å². The van der Waals surface area contributed by atoms with Crippen molar-refractivity contribution in [2.75, 3.05) is 25.0 Å². The van der Waals surface area contributed by atoms with Crippen molar-refractivity contribution in [3.8, 4) is 0 Å². The molecule has 8 heteroatoms. The molecule has 8 nitrogen and oxygen atoms in total. The normalized spacial score (nSPS) is 17.9.